The van der Waals surface area contributed by atoms with E-state index in [2.05, 4.69) is 13.8 Å². The highest BCUT2D eigenvalue weighted by molar-refractivity contribution is 4.59. The van der Waals surface area contributed by atoms with E-state index >= 15 is 0 Å². The number of unbranched alkanes of at least 4 members (excludes halogenated alkanes) is 5. The summed E-state index contributed by atoms with van der Waals surface area (Å²) in [5.74, 6) is 0. The molecule has 0 aliphatic rings. The zero-order chi connectivity index (χ0) is 13.9. The molecule has 2 heteroatoms. The molecule has 0 saturated carbocycles. The largest absolute Gasteiger partial charge is 0.233 e. The molecule has 2 nitrogen and oxygen atoms in total. The fourth-order valence-electron chi connectivity index (χ4n) is 1.93. The molecule has 0 aliphatic heterocycles. The Hall–Kier alpha value is -0.0800. The lowest BCUT2D eigenvalue weighted by Gasteiger charge is -2.23. The standard InChI is InChI=1S/C16H34O2/c1-6-8-9-10-11-12-14-15(13-7-2)17-18-16(3,4)5/h15H,6-14H2,1-5H3. The molecule has 0 aliphatic carbocycles. The summed E-state index contributed by atoms with van der Waals surface area (Å²) in [6.45, 7) is 10.5. The van der Waals surface area contributed by atoms with Gasteiger partial charge in [0.15, 0.2) is 0 Å². The summed E-state index contributed by atoms with van der Waals surface area (Å²) in [5, 5.41) is 0. The van der Waals surface area contributed by atoms with Gasteiger partial charge < -0.3 is 0 Å². The molecule has 0 rings (SSSR count). The molecule has 1 atom stereocenters. The predicted molar refractivity (Wildman–Crippen MR) is 78.6 cm³/mol. The Bertz CT molecular complexity index is 172. The van der Waals surface area contributed by atoms with Crippen molar-refractivity contribution < 1.29 is 9.78 Å². The van der Waals surface area contributed by atoms with Crippen LogP contribution in [0.5, 0.6) is 0 Å². The first-order chi connectivity index (χ1) is 8.49. The summed E-state index contributed by atoms with van der Waals surface area (Å²) >= 11 is 0. The highest BCUT2D eigenvalue weighted by Crippen LogP contribution is 2.17. The van der Waals surface area contributed by atoms with Crippen molar-refractivity contribution in [3.8, 4) is 0 Å². The van der Waals surface area contributed by atoms with Crippen molar-refractivity contribution in [1.82, 2.24) is 0 Å². The minimum absolute atomic E-state index is 0.201. The molecule has 0 saturated heterocycles. The van der Waals surface area contributed by atoms with Crippen molar-refractivity contribution in [2.75, 3.05) is 0 Å². The first kappa shape index (κ1) is 17.9. The van der Waals surface area contributed by atoms with E-state index in [1.807, 2.05) is 20.8 Å². The van der Waals surface area contributed by atoms with E-state index in [1.54, 1.807) is 0 Å². The molecule has 1 unspecified atom stereocenters. The molecule has 0 heterocycles. The van der Waals surface area contributed by atoms with Crippen LogP contribution in [0.4, 0.5) is 0 Å². The van der Waals surface area contributed by atoms with E-state index in [1.165, 1.54) is 38.5 Å². The number of hydrogen-bond acceptors (Lipinski definition) is 2. The van der Waals surface area contributed by atoms with Crippen molar-refractivity contribution in [2.24, 2.45) is 0 Å². The molecule has 18 heavy (non-hydrogen) atoms. The zero-order valence-corrected chi connectivity index (χ0v) is 13.3. The molecule has 0 fully saturated rings. The molecular formula is C16H34O2. The van der Waals surface area contributed by atoms with Crippen LogP contribution in [0.15, 0.2) is 0 Å². The van der Waals surface area contributed by atoms with Crippen LogP contribution < -0.4 is 0 Å². The Morgan fingerprint density at radius 1 is 0.778 bits per heavy atom. The van der Waals surface area contributed by atoms with Crippen LogP contribution in [0.1, 0.15) is 92.4 Å². The molecule has 0 aromatic carbocycles. The van der Waals surface area contributed by atoms with Gasteiger partial charge in [-0.05, 0) is 33.6 Å². The van der Waals surface area contributed by atoms with Crippen molar-refractivity contribution >= 4 is 0 Å². The molecule has 0 aromatic rings. The van der Waals surface area contributed by atoms with E-state index in [9.17, 15) is 0 Å². The maximum absolute atomic E-state index is 5.57. The van der Waals surface area contributed by atoms with Crippen LogP contribution in [-0.2, 0) is 9.78 Å². The van der Waals surface area contributed by atoms with Gasteiger partial charge in [0.1, 0.15) is 0 Å². The van der Waals surface area contributed by atoms with Gasteiger partial charge in [0.25, 0.3) is 0 Å². The van der Waals surface area contributed by atoms with Crippen molar-refractivity contribution in [3.05, 3.63) is 0 Å². The smallest absolute Gasteiger partial charge is 0.0952 e. The topological polar surface area (TPSA) is 18.5 Å². The van der Waals surface area contributed by atoms with Crippen LogP contribution in [0.3, 0.4) is 0 Å². The van der Waals surface area contributed by atoms with Crippen molar-refractivity contribution in [3.63, 3.8) is 0 Å². The van der Waals surface area contributed by atoms with E-state index in [-0.39, 0.29) is 11.7 Å². The predicted octanol–water partition coefficient (Wildman–Crippen LogP) is 5.65. The summed E-state index contributed by atoms with van der Waals surface area (Å²) in [6.07, 6.45) is 11.7. The zero-order valence-electron chi connectivity index (χ0n) is 13.3. The normalized spacial score (nSPS) is 13.8. The van der Waals surface area contributed by atoms with E-state index in [0.29, 0.717) is 0 Å². The Labute approximate surface area is 114 Å². The SMILES string of the molecule is CCCCCCCCC(CCC)OOC(C)(C)C. The average molecular weight is 258 g/mol. The van der Waals surface area contributed by atoms with Gasteiger partial charge >= 0.3 is 0 Å². The monoisotopic (exact) mass is 258 g/mol. The second-order valence-electron chi connectivity index (χ2n) is 6.26. The van der Waals surface area contributed by atoms with Crippen LogP contribution >= 0.6 is 0 Å². The minimum Gasteiger partial charge on any atom is -0.233 e. The van der Waals surface area contributed by atoms with Gasteiger partial charge in [0, 0.05) is 0 Å². The summed E-state index contributed by atoms with van der Waals surface area (Å²) in [5.41, 5.74) is -0.201. The van der Waals surface area contributed by atoms with Crippen LogP contribution in [0, 0.1) is 0 Å². The van der Waals surface area contributed by atoms with Gasteiger partial charge in [-0.3, -0.25) is 0 Å². The third-order valence-electron chi connectivity index (χ3n) is 2.92. The average Bonchev–Trinajstić information content (AvgIpc) is 2.29. The van der Waals surface area contributed by atoms with E-state index in [0.717, 1.165) is 19.3 Å². The van der Waals surface area contributed by atoms with Gasteiger partial charge in [-0.1, -0.05) is 58.8 Å². The first-order valence-electron chi connectivity index (χ1n) is 7.84. The summed E-state index contributed by atoms with van der Waals surface area (Å²) in [6, 6.07) is 0. The second kappa shape index (κ2) is 10.8. The van der Waals surface area contributed by atoms with Gasteiger partial charge in [-0.25, -0.2) is 9.78 Å². The highest BCUT2D eigenvalue weighted by Gasteiger charge is 2.16. The fourth-order valence-corrected chi connectivity index (χ4v) is 1.93. The third-order valence-corrected chi connectivity index (χ3v) is 2.92. The Morgan fingerprint density at radius 3 is 1.94 bits per heavy atom. The lowest BCUT2D eigenvalue weighted by molar-refractivity contribution is -0.374. The van der Waals surface area contributed by atoms with Crippen molar-refractivity contribution in [1.29, 1.82) is 0 Å². The molecule has 0 radical (unpaired) electrons. The minimum atomic E-state index is -0.201. The molecule has 0 spiro atoms. The Kier molecular flexibility index (Phi) is 10.8. The van der Waals surface area contributed by atoms with Gasteiger partial charge in [0.05, 0.1) is 11.7 Å². The quantitative estimate of drug-likeness (QED) is 0.271. The van der Waals surface area contributed by atoms with Gasteiger partial charge in [-0.15, -0.1) is 0 Å². The van der Waals surface area contributed by atoms with Crippen molar-refractivity contribution in [2.45, 2.75) is 104 Å². The molecular weight excluding hydrogens is 224 g/mol. The number of hydrogen-bond donors (Lipinski definition) is 0. The first-order valence-corrected chi connectivity index (χ1v) is 7.84. The third kappa shape index (κ3) is 12.4. The number of rotatable bonds is 11. The van der Waals surface area contributed by atoms with Crippen LogP contribution in [0.25, 0.3) is 0 Å². The van der Waals surface area contributed by atoms with Crippen LogP contribution in [0.2, 0.25) is 0 Å². The maximum Gasteiger partial charge on any atom is 0.0952 e. The summed E-state index contributed by atoms with van der Waals surface area (Å²) in [7, 11) is 0. The Morgan fingerprint density at radius 2 is 1.39 bits per heavy atom. The lowest BCUT2D eigenvalue weighted by Crippen LogP contribution is -2.24. The molecule has 0 aromatic heterocycles. The van der Waals surface area contributed by atoms with Gasteiger partial charge in [0.2, 0.25) is 0 Å². The second-order valence-corrected chi connectivity index (χ2v) is 6.26. The van der Waals surface area contributed by atoms with Gasteiger partial charge in [-0.2, -0.15) is 0 Å². The molecule has 0 amide bonds. The maximum atomic E-state index is 5.57. The molecule has 0 N–H and O–H groups in total. The lowest BCUT2D eigenvalue weighted by atomic mass is 10.0. The van der Waals surface area contributed by atoms with E-state index in [4.69, 9.17) is 9.78 Å². The van der Waals surface area contributed by atoms with E-state index < -0.39 is 0 Å². The molecule has 110 valence electrons. The molecule has 0 bridgehead atoms. The Balaban J connectivity index is 3.63. The summed E-state index contributed by atoms with van der Waals surface area (Å²) < 4.78 is 0. The highest BCUT2D eigenvalue weighted by atomic mass is 17.2. The fraction of sp³-hybridized carbons (Fsp3) is 1.00. The van der Waals surface area contributed by atoms with Crippen LogP contribution in [-0.4, -0.2) is 11.7 Å². The summed E-state index contributed by atoms with van der Waals surface area (Å²) in [4.78, 5) is 11.0.